The van der Waals surface area contributed by atoms with Gasteiger partial charge in [-0.3, -0.25) is 14.1 Å². The average Bonchev–Trinajstić information content (AvgIpc) is 2.84. The molecule has 25 heavy (non-hydrogen) atoms. The maximum Gasteiger partial charge on any atom is 0.308 e. The van der Waals surface area contributed by atoms with Gasteiger partial charge in [-0.1, -0.05) is 40.6 Å². The molecule has 0 atom stereocenters. The maximum absolute atomic E-state index is 12.4. The fraction of sp³-hybridized carbons (Fsp3) is 0.188. The fourth-order valence-electron chi connectivity index (χ4n) is 2.49. The van der Waals surface area contributed by atoms with Gasteiger partial charge < -0.3 is 0 Å². The predicted octanol–water partition coefficient (Wildman–Crippen LogP) is 4.33. The molecule has 0 aliphatic rings. The predicted molar refractivity (Wildman–Crippen MR) is 104 cm³/mol. The van der Waals surface area contributed by atoms with Gasteiger partial charge in [0.15, 0.2) is 0 Å². The van der Waals surface area contributed by atoms with E-state index in [0.29, 0.717) is 27.8 Å². The first-order chi connectivity index (χ1) is 11.8. The lowest BCUT2D eigenvalue weighted by molar-refractivity contribution is 0.600. The summed E-state index contributed by atoms with van der Waals surface area (Å²) in [5, 5.41) is 0.742. The maximum atomic E-state index is 12.4. The summed E-state index contributed by atoms with van der Waals surface area (Å²) in [4.78, 5) is 11.8. The SMILES string of the molecule is CCn1c(=O)sc2cc(NS(=O)(=O)Cc3ccc(Cl)cc3Cl)ccc21. The van der Waals surface area contributed by atoms with Gasteiger partial charge in [-0.05, 0) is 42.8 Å². The van der Waals surface area contributed by atoms with Gasteiger partial charge in [0.2, 0.25) is 10.0 Å². The van der Waals surface area contributed by atoms with Crippen LogP contribution in [0.15, 0.2) is 41.2 Å². The second kappa shape index (κ2) is 6.99. The van der Waals surface area contributed by atoms with E-state index in [1.54, 1.807) is 34.9 Å². The van der Waals surface area contributed by atoms with Gasteiger partial charge in [0.05, 0.1) is 21.7 Å². The molecule has 9 heteroatoms. The van der Waals surface area contributed by atoms with Crippen LogP contribution in [0.4, 0.5) is 5.69 Å². The topological polar surface area (TPSA) is 68.2 Å². The number of nitrogens with zero attached hydrogens (tertiary/aromatic N) is 1. The number of benzene rings is 2. The summed E-state index contributed by atoms with van der Waals surface area (Å²) < 4.78 is 29.7. The molecule has 2 aromatic carbocycles. The van der Waals surface area contributed by atoms with Crippen molar-refractivity contribution in [3.05, 3.63) is 61.7 Å². The van der Waals surface area contributed by atoms with Gasteiger partial charge >= 0.3 is 4.87 Å². The highest BCUT2D eigenvalue weighted by molar-refractivity contribution is 7.91. The van der Waals surface area contributed by atoms with Crippen molar-refractivity contribution in [2.24, 2.45) is 0 Å². The number of fused-ring (bicyclic) bond motifs is 1. The number of rotatable bonds is 5. The van der Waals surface area contributed by atoms with E-state index < -0.39 is 10.0 Å². The van der Waals surface area contributed by atoms with Gasteiger partial charge in [0.1, 0.15) is 0 Å². The van der Waals surface area contributed by atoms with Crippen molar-refractivity contribution in [3.63, 3.8) is 0 Å². The van der Waals surface area contributed by atoms with Crippen LogP contribution in [0.3, 0.4) is 0 Å². The Hall–Kier alpha value is -1.54. The van der Waals surface area contributed by atoms with Gasteiger partial charge in [0, 0.05) is 16.6 Å². The molecular weight excluding hydrogens is 403 g/mol. The van der Waals surface area contributed by atoms with Crippen LogP contribution in [0.1, 0.15) is 12.5 Å². The number of aryl methyl sites for hydroxylation is 1. The van der Waals surface area contributed by atoms with E-state index in [0.717, 1.165) is 21.6 Å². The number of hydrogen-bond donors (Lipinski definition) is 1. The van der Waals surface area contributed by atoms with E-state index in [-0.39, 0.29) is 10.6 Å². The van der Waals surface area contributed by atoms with Crippen molar-refractivity contribution in [1.29, 1.82) is 0 Å². The number of nitrogens with one attached hydrogen (secondary N) is 1. The number of anilines is 1. The second-order valence-electron chi connectivity index (χ2n) is 5.39. The molecule has 1 aromatic heterocycles. The van der Waals surface area contributed by atoms with E-state index >= 15 is 0 Å². The zero-order valence-electron chi connectivity index (χ0n) is 13.1. The third kappa shape index (κ3) is 4.00. The Labute approximate surface area is 158 Å². The van der Waals surface area contributed by atoms with E-state index in [9.17, 15) is 13.2 Å². The molecule has 5 nitrogen and oxygen atoms in total. The molecule has 1 heterocycles. The lowest BCUT2D eigenvalue weighted by atomic mass is 10.2. The van der Waals surface area contributed by atoms with Crippen molar-refractivity contribution in [2.75, 3.05) is 4.72 Å². The number of sulfonamides is 1. The van der Waals surface area contributed by atoms with E-state index in [1.807, 2.05) is 6.92 Å². The fourth-order valence-corrected chi connectivity index (χ4v) is 5.26. The average molecular weight is 417 g/mol. The third-order valence-corrected chi connectivity index (χ3v) is 6.39. The molecule has 132 valence electrons. The van der Waals surface area contributed by atoms with Gasteiger partial charge in [-0.2, -0.15) is 0 Å². The Balaban J connectivity index is 1.87. The Bertz CT molecular complexity index is 1100. The lowest BCUT2D eigenvalue weighted by Gasteiger charge is -2.10. The summed E-state index contributed by atoms with van der Waals surface area (Å²) in [5.41, 5.74) is 1.66. The number of aromatic nitrogens is 1. The van der Waals surface area contributed by atoms with Crippen molar-refractivity contribution in [3.8, 4) is 0 Å². The molecule has 0 fully saturated rings. The summed E-state index contributed by atoms with van der Waals surface area (Å²) in [6.45, 7) is 2.46. The molecule has 0 aliphatic heterocycles. The van der Waals surface area contributed by atoms with Crippen LogP contribution in [-0.2, 0) is 22.3 Å². The van der Waals surface area contributed by atoms with E-state index in [4.69, 9.17) is 23.2 Å². The van der Waals surface area contributed by atoms with Crippen molar-refractivity contribution >= 4 is 60.5 Å². The lowest BCUT2D eigenvalue weighted by Crippen LogP contribution is -2.15. The van der Waals surface area contributed by atoms with Crippen molar-refractivity contribution in [1.82, 2.24) is 4.57 Å². The van der Waals surface area contributed by atoms with Crippen LogP contribution in [0.25, 0.3) is 10.2 Å². The van der Waals surface area contributed by atoms with Crippen LogP contribution < -0.4 is 9.60 Å². The molecule has 0 bridgehead atoms. The highest BCUT2D eigenvalue weighted by atomic mass is 35.5. The molecule has 0 spiro atoms. The number of hydrogen-bond acceptors (Lipinski definition) is 4. The molecule has 3 aromatic rings. The molecule has 0 radical (unpaired) electrons. The zero-order chi connectivity index (χ0) is 18.2. The summed E-state index contributed by atoms with van der Waals surface area (Å²) in [6.07, 6.45) is 0. The Kier molecular flexibility index (Phi) is 5.11. The third-order valence-electron chi connectivity index (χ3n) is 3.62. The minimum Gasteiger partial charge on any atom is -0.299 e. The Morgan fingerprint density at radius 3 is 2.60 bits per heavy atom. The molecule has 0 unspecified atom stereocenters. The highest BCUT2D eigenvalue weighted by Gasteiger charge is 2.15. The first kappa shape index (κ1) is 18.3. The molecular formula is C16H14Cl2N2O3S2. The van der Waals surface area contributed by atoms with Gasteiger partial charge in [0.25, 0.3) is 0 Å². The molecule has 0 amide bonds. The van der Waals surface area contributed by atoms with E-state index in [2.05, 4.69) is 4.72 Å². The molecule has 0 saturated carbocycles. The quantitative estimate of drug-likeness (QED) is 0.672. The summed E-state index contributed by atoms with van der Waals surface area (Å²) >= 11 is 13.0. The minimum absolute atomic E-state index is 0.0644. The summed E-state index contributed by atoms with van der Waals surface area (Å²) in [6, 6.07) is 9.72. The van der Waals surface area contributed by atoms with Crippen LogP contribution >= 0.6 is 34.5 Å². The van der Waals surface area contributed by atoms with Crippen LogP contribution in [0, 0.1) is 0 Å². The van der Waals surface area contributed by atoms with Crippen LogP contribution in [0.5, 0.6) is 0 Å². The van der Waals surface area contributed by atoms with Gasteiger partial charge in [-0.25, -0.2) is 8.42 Å². The highest BCUT2D eigenvalue weighted by Crippen LogP contribution is 2.25. The van der Waals surface area contributed by atoms with Gasteiger partial charge in [-0.15, -0.1) is 0 Å². The first-order valence-electron chi connectivity index (χ1n) is 7.37. The number of thiazole rings is 1. The minimum atomic E-state index is -3.66. The molecule has 0 aliphatic carbocycles. The molecule has 1 N–H and O–H groups in total. The van der Waals surface area contributed by atoms with Crippen molar-refractivity contribution in [2.45, 2.75) is 19.2 Å². The largest absolute Gasteiger partial charge is 0.308 e. The second-order valence-corrected chi connectivity index (χ2v) is 8.95. The Morgan fingerprint density at radius 2 is 1.92 bits per heavy atom. The Morgan fingerprint density at radius 1 is 1.16 bits per heavy atom. The van der Waals surface area contributed by atoms with E-state index in [1.165, 1.54) is 6.07 Å². The monoisotopic (exact) mass is 416 g/mol. The van der Waals surface area contributed by atoms with Crippen molar-refractivity contribution < 1.29 is 8.42 Å². The number of halogens is 2. The smallest absolute Gasteiger partial charge is 0.299 e. The summed E-state index contributed by atoms with van der Waals surface area (Å²) in [5.74, 6) is -0.271. The van der Waals surface area contributed by atoms with Crippen LogP contribution in [0.2, 0.25) is 10.0 Å². The summed E-state index contributed by atoms with van der Waals surface area (Å²) in [7, 11) is -3.66. The zero-order valence-corrected chi connectivity index (χ0v) is 16.3. The first-order valence-corrected chi connectivity index (χ1v) is 10.6. The van der Waals surface area contributed by atoms with Crippen LogP contribution in [-0.4, -0.2) is 13.0 Å². The normalized spacial score (nSPS) is 11.8. The molecule has 3 rings (SSSR count). The molecule has 0 saturated heterocycles. The standard InChI is InChI=1S/C16H14Cl2N2O3S2/c1-2-20-14-6-5-12(8-15(14)24-16(20)21)19-25(22,23)9-10-3-4-11(17)7-13(10)18/h3-8,19H,2,9H2,1H3.